The predicted octanol–water partition coefficient (Wildman–Crippen LogP) is 5.15. The summed E-state index contributed by atoms with van der Waals surface area (Å²) in [4.78, 5) is 12.8. The zero-order valence-corrected chi connectivity index (χ0v) is 19.8. The fourth-order valence-corrected chi connectivity index (χ4v) is 4.39. The zero-order valence-electron chi connectivity index (χ0n) is 19.0. The number of anilines is 1. The molecule has 5 nitrogen and oxygen atoms in total. The van der Waals surface area contributed by atoms with Crippen molar-refractivity contribution in [2.45, 2.75) is 39.8 Å². The number of amides is 1. The lowest BCUT2D eigenvalue weighted by Crippen LogP contribution is -2.30. The van der Waals surface area contributed by atoms with Gasteiger partial charge in [0.25, 0.3) is 5.91 Å². The van der Waals surface area contributed by atoms with Crippen LogP contribution in [0.25, 0.3) is 0 Å². The van der Waals surface area contributed by atoms with Crippen LogP contribution in [0.2, 0.25) is 0 Å². The van der Waals surface area contributed by atoms with Crippen LogP contribution in [0.3, 0.4) is 0 Å². The lowest BCUT2D eigenvalue weighted by molar-refractivity contribution is 0.0935. The monoisotopic (exact) mass is 450 g/mol. The molecule has 0 aliphatic heterocycles. The maximum absolute atomic E-state index is 12.8. The molecule has 3 rings (SSSR count). The molecule has 0 bridgehead atoms. The van der Waals surface area contributed by atoms with Crippen molar-refractivity contribution in [2.75, 3.05) is 10.6 Å². The number of nitrogens with zero attached hydrogens (tertiary/aromatic N) is 1. The highest BCUT2D eigenvalue weighted by Crippen LogP contribution is 2.23. The molecule has 32 heavy (non-hydrogen) atoms. The molecule has 3 aromatic rings. The molecule has 0 aliphatic carbocycles. The molecule has 1 atom stereocenters. The van der Waals surface area contributed by atoms with Crippen LogP contribution in [-0.4, -0.2) is 20.6 Å². The minimum atomic E-state index is -3.49. The van der Waals surface area contributed by atoms with E-state index in [4.69, 9.17) is 0 Å². The number of aryl methyl sites for hydroxylation is 2. The van der Waals surface area contributed by atoms with E-state index >= 15 is 0 Å². The Labute approximate surface area is 191 Å². The van der Waals surface area contributed by atoms with Crippen LogP contribution in [0.5, 0.6) is 0 Å². The number of sulfonamides is 1. The first-order valence-electron chi connectivity index (χ1n) is 10.7. The molecule has 1 N–H and O–H groups in total. The molecule has 0 aliphatic rings. The van der Waals surface area contributed by atoms with E-state index in [1.165, 1.54) is 16.1 Å². The van der Waals surface area contributed by atoms with E-state index < -0.39 is 10.0 Å². The normalized spacial score (nSPS) is 12.2. The van der Waals surface area contributed by atoms with Crippen molar-refractivity contribution in [1.82, 2.24) is 5.32 Å². The van der Waals surface area contributed by atoms with Gasteiger partial charge in [-0.3, -0.25) is 9.10 Å². The first kappa shape index (κ1) is 23.5. The smallest absolute Gasteiger partial charge is 0.251 e. The molecule has 0 saturated heterocycles. The van der Waals surface area contributed by atoms with Crippen molar-refractivity contribution in [3.63, 3.8) is 0 Å². The summed E-state index contributed by atoms with van der Waals surface area (Å²) in [7, 11) is -3.49. The van der Waals surface area contributed by atoms with Crippen LogP contribution < -0.4 is 9.62 Å². The first-order chi connectivity index (χ1) is 15.2. The molecule has 0 fully saturated rings. The Kier molecular flexibility index (Phi) is 7.36. The second-order valence-electron chi connectivity index (χ2n) is 8.15. The largest absolute Gasteiger partial charge is 0.345 e. The molecule has 0 heterocycles. The van der Waals surface area contributed by atoms with Gasteiger partial charge in [-0.2, -0.15) is 0 Å². The maximum atomic E-state index is 12.8. The summed E-state index contributed by atoms with van der Waals surface area (Å²) in [5.41, 5.74) is 5.26. The maximum Gasteiger partial charge on any atom is 0.251 e. The second-order valence-corrected chi connectivity index (χ2v) is 10.1. The topological polar surface area (TPSA) is 66.5 Å². The minimum Gasteiger partial charge on any atom is -0.345 e. The minimum absolute atomic E-state index is 0.0863. The number of benzene rings is 3. The third-order valence-corrected chi connectivity index (χ3v) is 6.60. The quantitative estimate of drug-likeness (QED) is 0.516. The van der Waals surface area contributed by atoms with Crippen LogP contribution in [0.15, 0.2) is 72.8 Å². The summed E-state index contributed by atoms with van der Waals surface area (Å²) in [6.45, 7) is 6.28. The lowest BCUT2D eigenvalue weighted by atomic mass is 10.0. The SMILES string of the molecule is CC[C@H](NC(=O)c1ccc(N(Cc2ccc(C)cc2)S(C)(=O)=O)cc1)c1ccc(C)cc1. The first-order valence-corrected chi connectivity index (χ1v) is 12.5. The van der Waals surface area contributed by atoms with Crippen molar-refractivity contribution >= 4 is 21.6 Å². The summed E-state index contributed by atoms with van der Waals surface area (Å²) < 4.78 is 26.2. The second kappa shape index (κ2) is 10.0. The van der Waals surface area contributed by atoms with E-state index in [0.29, 0.717) is 11.3 Å². The van der Waals surface area contributed by atoms with Crippen LogP contribution in [0, 0.1) is 13.8 Å². The van der Waals surface area contributed by atoms with Gasteiger partial charge in [0.2, 0.25) is 10.0 Å². The van der Waals surface area contributed by atoms with Crippen molar-refractivity contribution in [2.24, 2.45) is 0 Å². The van der Waals surface area contributed by atoms with Crippen molar-refractivity contribution < 1.29 is 13.2 Å². The molecule has 0 radical (unpaired) electrons. The van der Waals surface area contributed by atoms with Gasteiger partial charge in [-0.05, 0) is 55.7 Å². The molecule has 6 heteroatoms. The Morgan fingerprint density at radius 2 is 1.41 bits per heavy atom. The van der Waals surface area contributed by atoms with Gasteiger partial charge in [0, 0.05) is 5.56 Å². The third-order valence-electron chi connectivity index (χ3n) is 5.46. The number of hydrogen-bond acceptors (Lipinski definition) is 3. The summed E-state index contributed by atoms with van der Waals surface area (Å²) >= 11 is 0. The van der Waals surface area contributed by atoms with Gasteiger partial charge in [0.15, 0.2) is 0 Å². The molecular formula is C26H30N2O3S. The average Bonchev–Trinajstić information content (AvgIpc) is 2.77. The number of carbonyl (C=O) groups is 1. The van der Waals surface area contributed by atoms with Crippen LogP contribution >= 0.6 is 0 Å². The van der Waals surface area contributed by atoms with E-state index in [-0.39, 0.29) is 18.5 Å². The molecule has 0 aromatic heterocycles. The number of rotatable bonds is 8. The molecule has 0 spiro atoms. The van der Waals surface area contributed by atoms with E-state index in [0.717, 1.165) is 23.1 Å². The van der Waals surface area contributed by atoms with E-state index in [9.17, 15) is 13.2 Å². The fourth-order valence-electron chi connectivity index (χ4n) is 3.50. The van der Waals surface area contributed by atoms with E-state index in [1.807, 2.05) is 69.3 Å². The number of carbonyl (C=O) groups excluding carboxylic acids is 1. The third kappa shape index (κ3) is 5.98. The summed E-state index contributed by atoms with van der Waals surface area (Å²) in [6.07, 6.45) is 1.96. The Morgan fingerprint density at radius 1 is 0.875 bits per heavy atom. The summed E-state index contributed by atoms with van der Waals surface area (Å²) in [5, 5.41) is 3.07. The van der Waals surface area contributed by atoms with Gasteiger partial charge in [0.05, 0.1) is 24.5 Å². The zero-order chi connectivity index (χ0) is 23.3. The highest BCUT2D eigenvalue weighted by molar-refractivity contribution is 7.92. The van der Waals surface area contributed by atoms with Crippen LogP contribution in [0.1, 0.15) is 52.0 Å². The number of hydrogen-bond donors (Lipinski definition) is 1. The van der Waals surface area contributed by atoms with Gasteiger partial charge in [-0.25, -0.2) is 8.42 Å². The van der Waals surface area contributed by atoms with Crippen LogP contribution in [-0.2, 0) is 16.6 Å². The molecule has 1 amide bonds. The van der Waals surface area contributed by atoms with Crippen molar-refractivity contribution in [3.05, 3.63) is 101 Å². The highest BCUT2D eigenvalue weighted by Gasteiger charge is 2.19. The van der Waals surface area contributed by atoms with E-state index in [2.05, 4.69) is 5.32 Å². The Morgan fingerprint density at radius 3 is 1.91 bits per heavy atom. The van der Waals surface area contributed by atoms with Gasteiger partial charge in [0.1, 0.15) is 0 Å². The molecule has 3 aromatic carbocycles. The van der Waals surface area contributed by atoms with Gasteiger partial charge in [-0.1, -0.05) is 66.6 Å². The van der Waals surface area contributed by atoms with Crippen molar-refractivity contribution in [3.8, 4) is 0 Å². The Hall–Kier alpha value is -3.12. The van der Waals surface area contributed by atoms with Gasteiger partial charge in [-0.15, -0.1) is 0 Å². The van der Waals surface area contributed by atoms with Crippen molar-refractivity contribution in [1.29, 1.82) is 0 Å². The molecular weight excluding hydrogens is 420 g/mol. The predicted molar refractivity (Wildman–Crippen MR) is 130 cm³/mol. The molecule has 168 valence electrons. The molecule has 0 unspecified atom stereocenters. The fraction of sp³-hybridized carbons (Fsp3) is 0.269. The average molecular weight is 451 g/mol. The Balaban J connectivity index is 1.77. The number of nitrogens with one attached hydrogen (secondary N) is 1. The summed E-state index contributed by atoms with van der Waals surface area (Å²) in [5.74, 6) is -0.187. The van der Waals surface area contributed by atoms with Gasteiger partial charge < -0.3 is 5.32 Å². The lowest BCUT2D eigenvalue weighted by Gasteiger charge is -2.23. The highest BCUT2D eigenvalue weighted by atomic mass is 32.2. The van der Waals surface area contributed by atoms with Crippen LogP contribution in [0.4, 0.5) is 5.69 Å². The van der Waals surface area contributed by atoms with Gasteiger partial charge >= 0.3 is 0 Å². The molecule has 0 saturated carbocycles. The summed E-state index contributed by atoms with van der Waals surface area (Å²) in [6, 6.07) is 22.5. The standard InChI is InChI=1S/C26H30N2O3S/c1-5-25(22-12-8-20(3)9-13-22)27-26(29)23-14-16-24(17-15-23)28(32(4,30)31)18-21-10-6-19(2)7-11-21/h6-17,25H,5,18H2,1-4H3,(H,27,29)/t25-/m0/s1. The van der Waals surface area contributed by atoms with E-state index in [1.54, 1.807) is 24.3 Å². The Bertz CT molecular complexity index is 1150.